The first-order valence-electron chi connectivity index (χ1n) is 1.60. The molecule has 0 spiro atoms. The Kier molecular flexibility index (Phi) is 0.759. The van der Waals surface area contributed by atoms with Crippen LogP contribution in [0.3, 0.4) is 0 Å². The topological polar surface area (TPSA) is 40.2 Å². The minimum Gasteiger partial charge on any atom is -0.278 e. The van der Waals surface area contributed by atoms with E-state index in [0.717, 1.165) is 5.13 Å². The number of aromatic amines is 1. The predicted molar refractivity (Wildman–Crippen MR) is 25.3 cm³/mol. The molecule has 0 fully saturated rings. The third kappa shape index (κ3) is 0.490. The van der Waals surface area contributed by atoms with E-state index in [0.29, 0.717) is 0 Å². The highest BCUT2D eigenvalue weighted by atomic mass is 32.1. The van der Waals surface area contributed by atoms with Crippen molar-refractivity contribution in [2.45, 2.75) is 0 Å². The van der Waals surface area contributed by atoms with Crippen LogP contribution >= 0.6 is 11.3 Å². The Morgan fingerprint density at radius 2 is 2.67 bits per heavy atom. The van der Waals surface area contributed by atoms with Gasteiger partial charge in [-0.2, -0.15) is 0 Å². The van der Waals surface area contributed by atoms with Gasteiger partial charge in [-0.05, 0) is 0 Å². The standard InChI is InChI=1S/C3H4N2S/c4-3-5-1-2-6-3/h1-2H,(H2,4,5)/p+1. The molecule has 1 aromatic heterocycles. The highest BCUT2D eigenvalue weighted by Gasteiger charge is 1.84. The normalized spacial score (nSPS) is 8.67. The van der Waals surface area contributed by atoms with E-state index < -0.39 is 0 Å². The fraction of sp³-hybridized carbons (Fsp3) is 0. The molecule has 1 aromatic rings. The monoisotopic (exact) mass is 101 g/mol. The lowest BCUT2D eigenvalue weighted by molar-refractivity contribution is -0.353. The van der Waals surface area contributed by atoms with Crippen LogP contribution in [0.2, 0.25) is 0 Å². The molecule has 0 unspecified atom stereocenters. The van der Waals surface area contributed by atoms with Crippen molar-refractivity contribution in [1.82, 2.24) is 0 Å². The second-order valence-electron chi connectivity index (χ2n) is 0.929. The Balaban J connectivity index is 3.05. The Bertz CT molecular complexity index is 112. The summed E-state index contributed by atoms with van der Waals surface area (Å²) in [6, 6.07) is 0. The van der Waals surface area contributed by atoms with Gasteiger partial charge in [-0.25, -0.2) is 4.98 Å². The fourth-order valence-electron chi connectivity index (χ4n) is 0.257. The molecule has 2 nitrogen and oxygen atoms in total. The first-order chi connectivity index (χ1) is 2.89. The van der Waals surface area contributed by atoms with Crippen LogP contribution in [-0.4, -0.2) is 0 Å². The molecule has 3 N–H and O–H groups in total. The average molecular weight is 101 g/mol. The molecule has 6 heavy (non-hydrogen) atoms. The number of hydrogen-bond acceptors (Lipinski definition) is 2. The highest BCUT2D eigenvalue weighted by Crippen LogP contribution is 1.96. The van der Waals surface area contributed by atoms with Crippen LogP contribution in [0.15, 0.2) is 11.6 Å². The molecule has 0 bridgehead atoms. The second-order valence-corrected chi connectivity index (χ2v) is 1.88. The van der Waals surface area contributed by atoms with Crippen LogP contribution in [0, 0.1) is 0 Å². The lowest BCUT2D eigenvalue weighted by Gasteiger charge is -1.58. The maximum absolute atomic E-state index is 5.24. The molecule has 0 amide bonds. The number of H-pyrrole nitrogens is 1. The van der Waals surface area contributed by atoms with Crippen LogP contribution in [0.5, 0.6) is 0 Å². The minimum atomic E-state index is 0.759. The fourth-order valence-corrected chi connectivity index (χ4v) is 0.676. The van der Waals surface area contributed by atoms with Gasteiger partial charge in [-0.15, -0.1) is 0 Å². The van der Waals surface area contributed by atoms with E-state index in [4.69, 9.17) is 5.73 Å². The van der Waals surface area contributed by atoms with Crippen LogP contribution < -0.4 is 10.7 Å². The van der Waals surface area contributed by atoms with Crippen molar-refractivity contribution in [2.75, 3.05) is 5.73 Å². The van der Waals surface area contributed by atoms with Gasteiger partial charge in [0, 0.05) is 5.38 Å². The van der Waals surface area contributed by atoms with Crippen molar-refractivity contribution in [1.29, 1.82) is 0 Å². The summed E-state index contributed by atoms with van der Waals surface area (Å²) in [5.41, 5.74) is 5.24. The van der Waals surface area contributed by atoms with E-state index in [1.165, 1.54) is 11.3 Å². The summed E-state index contributed by atoms with van der Waals surface area (Å²) >= 11 is 1.50. The minimum absolute atomic E-state index is 0.759. The summed E-state index contributed by atoms with van der Waals surface area (Å²) in [5.74, 6) is 0. The lowest BCUT2D eigenvalue weighted by Crippen LogP contribution is -2.00. The van der Waals surface area contributed by atoms with Crippen molar-refractivity contribution in [3.63, 3.8) is 0 Å². The van der Waals surface area contributed by atoms with Crippen LogP contribution in [0.4, 0.5) is 5.13 Å². The van der Waals surface area contributed by atoms with Crippen molar-refractivity contribution in [3.05, 3.63) is 11.6 Å². The number of aromatic nitrogens is 1. The van der Waals surface area contributed by atoms with E-state index in [1.807, 2.05) is 5.38 Å². The van der Waals surface area contributed by atoms with Gasteiger partial charge in [0.15, 0.2) is 0 Å². The maximum atomic E-state index is 5.24. The van der Waals surface area contributed by atoms with Gasteiger partial charge in [-0.1, -0.05) is 11.3 Å². The van der Waals surface area contributed by atoms with Crippen LogP contribution in [0.1, 0.15) is 0 Å². The van der Waals surface area contributed by atoms with Crippen molar-refractivity contribution in [3.8, 4) is 0 Å². The Labute approximate surface area is 39.6 Å². The summed E-state index contributed by atoms with van der Waals surface area (Å²) in [6.45, 7) is 0. The third-order valence-corrected chi connectivity index (χ3v) is 1.13. The molecular formula is C3H5N2S+. The zero-order chi connectivity index (χ0) is 4.41. The molecule has 0 saturated carbocycles. The van der Waals surface area contributed by atoms with E-state index in [2.05, 4.69) is 4.98 Å². The molecule has 1 rings (SSSR count). The van der Waals surface area contributed by atoms with Gasteiger partial charge < -0.3 is 0 Å². The first kappa shape index (κ1) is 3.61. The highest BCUT2D eigenvalue weighted by molar-refractivity contribution is 7.12. The number of nitrogens with two attached hydrogens (primary N) is 1. The Morgan fingerprint density at radius 1 is 1.83 bits per heavy atom. The van der Waals surface area contributed by atoms with Crippen LogP contribution in [0.25, 0.3) is 0 Å². The molecule has 32 valence electrons. The van der Waals surface area contributed by atoms with E-state index in [9.17, 15) is 0 Å². The largest absolute Gasteiger partial charge is 0.329 e. The molecule has 0 atom stereocenters. The molecular weight excluding hydrogens is 96.1 g/mol. The van der Waals surface area contributed by atoms with Crippen molar-refractivity contribution < 1.29 is 4.98 Å². The zero-order valence-corrected chi connectivity index (χ0v) is 3.96. The quantitative estimate of drug-likeness (QED) is 0.496. The van der Waals surface area contributed by atoms with Crippen LogP contribution in [-0.2, 0) is 0 Å². The van der Waals surface area contributed by atoms with E-state index in [1.54, 1.807) is 6.20 Å². The van der Waals surface area contributed by atoms with E-state index >= 15 is 0 Å². The van der Waals surface area contributed by atoms with Gasteiger partial charge in [0.1, 0.15) is 0 Å². The number of hydrogen-bond donors (Lipinski definition) is 1. The summed E-state index contributed by atoms with van der Waals surface area (Å²) in [4.78, 5) is 2.80. The summed E-state index contributed by atoms with van der Waals surface area (Å²) in [7, 11) is 0. The Hall–Kier alpha value is -0.570. The zero-order valence-electron chi connectivity index (χ0n) is 3.14. The summed E-state index contributed by atoms with van der Waals surface area (Å²) in [5, 5.41) is 2.66. The number of rotatable bonds is 0. The smallest absolute Gasteiger partial charge is 0.278 e. The molecule has 0 aliphatic rings. The van der Waals surface area contributed by atoms with Gasteiger partial charge >= 0.3 is 5.13 Å². The molecule has 0 aliphatic heterocycles. The average Bonchev–Trinajstić information content (AvgIpc) is 1.86. The maximum Gasteiger partial charge on any atom is 0.329 e. The molecule has 0 aromatic carbocycles. The first-order valence-corrected chi connectivity index (χ1v) is 2.48. The number of thiazole rings is 1. The number of nitrogens with one attached hydrogen (secondary N) is 1. The Morgan fingerprint density at radius 3 is 2.83 bits per heavy atom. The van der Waals surface area contributed by atoms with Gasteiger partial charge in [-0.3, -0.25) is 5.73 Å². The SMILES string of the molecule is Nc1[nH+]ccs1. The molecule has 1 heterocycles. The van der Waals surface area contributed by atoms with Crippen molar-refractivity contribution >= 4 is 16.5 Å². The molecule has 0 radical (unpaired) electrons. The third-order valence-electron chi connectivity index (χ3n) is 0.489. The van der Waals surface area contributed by atoms with Gasteiger partial charge in [0.2, 0.25) is 0 Å². The molecule has 3 heteroatoms. The molecule has 0 saturated heterocycles. The lowest BCUT2D eigenvalue weighted by atomic mass is 11.0. The summed E-state index contributed by atoms with van der Waals surface area (Å²) < 4.78 is 0. The molecule has 0 aliphatic carbocycles. The van der Waals surface area contributed by atoms with Gasteiger partial charge in [0.05, 0.1) is 6.20 Å². The van der Waals surface area contributed by atoms with Gasteiger partial charge in [0.25, 0.3) is 0 Å². The second kappa shape index (κ2) is 1.26. The van der Waals surface area contributed by atoms with Crippen molar-refractivity contribution in [2.24, 2.45) is 0 Å². The summed E-state index contributed by atoms with van der Waals surface area (Å²) in [6.07, 6.45) is 1.81. The van der Waals surface area contributed by atoms with E-state index in [-0.39, 0.29) is 0 Å². The number of nitrogen functional groups attached to an aromatic ring is 1. The number of anilines is 1. The predicted octanol–water partition coefficient (Wildman–Crippen LogP) is 0.144.